The van der Waals surface area contributed by atoms with Crippen molar-refractivity contribution in [3.63, 3.8) is 0 Å². The molecule has 0 amide bonds. The molecule has 3 rings (SSSR count). The number of pyridine rings is 1. The molecule has 2 aromatic carbocycles. The first-order chi connectivity index (χ1) is 10.1. The van der Waals surface area contributed by atoms with Gasteiger partial charge in [-0.2, -0.15) is 0 Å². The summed E-state index contributed by atoms with van der Waals surface area (Å²) in [5.41, 5.74) is 1.90. The van der Waals surface area contributed by atoms with E-state index in [2.05, 4.69) is 10.3 Å². The summed E-state index contributed by atoms with van der Waals surface area (Å²) in [5.74, 6) is -0.968. The first-order valence-electron chi connectivity index (χ1n) is 6.57. The maximum absolute atomic E-state index is 10.9. The molecule has 0 aliphatic rings. The Morgan fingerprint density at radius 1 is 1.19 bits per heavy atom. The molecule has 0 aliphatic carbocycles. The molecule has 0 radical (unpaired) electrons. The van der Waals surface area contributed by atoms with E-state index in [9.17, 15) is 9.90 Å². The zero-order valence-corrected chi connectivity index (χ0v) is 11.4. The van der Waals surface area contributed by atoms with E-state index in [0.29, 0.717) is 16.6 Å². The Bertz CT molecular complexity index is 845. The number of hydrogen-bond donors (Lipinski definition) is 3. The maximum atomic E-state index is 10.9. The van der Waals surface area contributed by atoms with Crippen molar-refractivity contribution in [3.8, 4) is 5.75 Å². The molecule has 0 spiro atoms. The van der Waals surface area contributed by atoms with Crippen LogP contribution in [0.15, 0.2) is 42.5 Å². The van der Waals surface area contributed by atoms with E-state index in [4.69, 9.17) is 5.11 Å². The molecule has 3 N–H and O–H groups in total. The number of para-hydroxylation sites is 1. The third-order valence-corrected chi connectivity index (χ3v) is 3.41. The van der Waals surface area contributed by atoms with Gasteiger partial charge in [-0.05, 0) is 31.2 Å². The van der Waals surface area contributed by atoms with E-state index in [1.807, 2.05) is 30.3 Å². The lowest BCUT2D eigenvalue weighted by molar-refractivity contribution is -0.137. The average Bonchev–Trinajstić information content (AvgIpc) is 2.48. The molecule has 0 saturated carbocycles. The van der Waals surface area contributed by atoms with Crippen LogP contribution in [0.25, 0.3) is 21.8 Å². The zero-order valence-electron chi connectivity index (χ0n) is 11.4. The Balaban J connectivity index is 2.15. The van der Waals surface area contributed by atoms with E-state index in [1.54, 1.807) is 12.1 Å². The standard InChI is InChI=1S/C16H14N2O3/c1-9(16(20)21)17-14-7-6-13-11(15(14)19)8-10-4-2-3-5-12(10)18-13/h2-9,17,19H,1H3,(H,20,21)/t9-/m0/s1. The summed E-state index contributed by atoms with van der Waals surface area (Å²) >= 11 is 0. The number of nitrogens with one attached hydrogen (secondary N) is 1. The van der Waals surface area contributed by atoms with E-state index in [0.717, 1.165) is 10.9 Å². The second-order valence-corrected chi connectivity index (χ2v) is 4.91. The van der Waals surface area contributed by atoms with Crippen LogP contribution in [-0.2, 0) is 4.79 Å². The van der Waals surface area contributed by atoms with Gasteiger partial charge < -0.3 is 15.5 Å². The van der Waals surface area contributed by atoms with Crippen molar-refractivity contribution in [2.45, 2.75) is 13.0 Å². The molecule has 5 heteroatoms. The van der Waals surface area contributed by atoms with Crippen molar-refractivity contribution < 1.29 is 15.0 Å². The number of aliphatic carboxylic acids is 1. The lowest BCUT2D eigenvalue weighted by atomic mass is 10.1. The first kappa shape index (κ1) is 13.2. The van der Waals surface area contributed by atoms with E-state index >= 15 is 0 Å². The number of fused-ring (bicyclic) bond motifs is 2. The lowest BCUT2D eigenvalue weighted by Gasteiger charge is -2.13. The highest BCUT2D eigenvalue weighted by molar-refractivity contribution is 5.98. The van der Waals surface area contributed by atoms with Crippen LogP contribution < -0.4 is 5.32 Å². The first-order valence-corrected chi connectivity index (χ1v) is 6.57. The van der Waals surface area contributed by atoms with E-state index < -0.39 is 12.0 Å². The quantitative estimate of drug-likeness (QED) is 0.508. The number of carboxylic acids is 1. The highest BCUT2D eigenvalue weighted by atomic mass is 16.4. The van der Waals surface area contributed by atoms with Crippen molar-refractivity contribution in [1.82, 2.24) is 4.98 Å². The summed E-state index contributed by atoms with van der Waals surface area (Å²) in [6.07, 6.45) is 0. The minimum Gasteiger partial charge on any atom is -0.505 e. The SMILES string of the molecule is C[C@H](Nc1ccc2nc3ccccc3cc2c1O)C(=O)O. The molecule has 0 bridgehead atoms. The van der Waals surface area contributed by atoms with Gasteiger partial charge in [0.1, 0.15) is 11.8 Å². The number of rotatable bonds is 3. The molecule has 106 valence electrons. The monoisotopic (exact) mass is 282 g/mol. The molecular formula is C16H14N2O3. The molecule has 5 nitrogen and oxygen atoms in total. The minimum atomic E-state index is -0.980. The summed E-state index contributed by atoms with van der Waals surface area (Å²) in [4.78, 5) is 15.4. The van der Waals surface area contributed by atoms with Gasteiger partial charge in [0.2, 0.25) is 0 Å². The Kier molecular flexibility index (Phi) is 3.10. The van der Waals surface area contributed by atoms with Gasteiger partial charge in [-0.15, -0.1) is 0 Å². The second kappa shape index (κ2) is 4.94. The van der Waals surface area contributed by atoms with Crippen molar-refractivity contribution in [3.05, 3.63) is 42.5 Å². The fourth-order valence-electron chi connectivity index (χ4n) is 2.25. The number of phenols is 1. The molecule has 1 aromatic heterocycles. The van der Waals surface area contributed by atoms with Crippen LogP contribution in [0.4, 0.5) is 5.69 Å². The van der Waals surface area contributed by atoms with E-state index in [-0.39, 0.29) is 5.75 Å². The van der Waals surface area contributed by atoms with Crippen LogP contribution in [-0.4, -0.2) is 27.2 Å². The Hall–Kier alpha value is -2.82. The molecule has 0 fully saturated rings. The number of carboxylic acid groups (broad SMARTS) is 1. The van der Waals surface area contributed by atoms with Gasteiger partial charge in [-0.3, -0.25) is 4.79 Å². The van der Waals surface area contributed by atoms with Crippen molar-refractivity contribution in [2.75, 3.05) is 5.32 Å². The topological polar surface area (TPSA) is 82.5 Å². The Morgan fingerprint density at radius 2 is 1.95 bits per heavy atom. The molecule has 0 aliphatic heterocycles. The third kappa shape index (κ3) is 2.33. The highest BCUT2D eigenvalue weighted by Crippen LogP contribution is 2.33. The number of anilines is 1. The highest BCUT2D eigenvalue weighted by Gasteiger charge is 2.14. The Morgan fingerprint density at radius 3 is 2.71 bits per heavy atom. The van der Waals surface area contributed by atoms with Crippen molar-refractivity contribution >= 4 is 33.5 Å². The normalized spacial score (nSPS) is 12.4. The fraction of sp³-hybridized carbons (Fsp3) is 0.125. The zero-order chi connectivity index (χ0) is 15.0. The van der Waals surface area contributed by atoms with Crippen molar-refractivity contribution in [1.29, 1.82) is 0 Å². The van der Waals surface area contributed by atoms with Crippen LogP contribution >= 0.6 is 0 Å². The number of aromatic nitrogens is 1. The largest absolute Gasteiger partial charge is 0.505 e. The number of nitrogens with zero attached hydrogens (tertiary/aromatic N) is 1. The summed E-state index contributed by atoms with van der Waals surface area (Å²) in [6, 6.07) is 12.1. The minimum absolute atomic E-state index is 0.0128. The van der Waals surface area contributed by atoms with Crippen LogP contribution in [0.5, 0.6) is 5.75 Å². The summed E-state index contributed by atoms with van der Waals surface area (Å²) < 4.78 is 0. The number of phenolic OH excluding ortho intramolecular Hbond substituents is 1. The van der Waals surface area contributed by atoms with Crippen LogP contribution in [0.1, 0.15) is 6.92 Å². The molecule has 1 heterocycles. The van der Waals surface area contributed by atoms with Crippen LogP contribution in [0, 0.1) is 0 Å². The number of aromatic hydroxyl groups is 1. The third-order valence-electron chi connectivity index (χ3n) is 3.41. The van der Waals surface area contributed by atoms with Gasteiger partial charge in [0.05, 0.1) is 16.7 Å². The van der Waals surface area contributed by atoms with Gasteiger partial charge >= 0.3 is 5.97 Å². The van der Waals surface area contributed by atoms with Crippen molar-refractivity contribution in [2.24, 2.45) is 0 Å². The molecule has 0 saturated heterocycles. The molecular weight excluding hydrogens is 268 g/mol. The number of carbonyl (C=O) groups is 1. The second-order valence-electron chi connectivity index (χ2n) is 4.91. The molecule has 3 aromatic rings. The lowest BCUT2D eigenvalue weighted by Crippen LogP contribution is -2.25. The number of benzene rings is 2. The summed E-state index contributed by atoms with van der Waals surface area (Å²) in [6.45, 7) is 1.52. The average molecular weight is 282 g/mol. The van der Waals surface area contributed by atoms with Gasteiger partial charge in [0.25, 0.3) is 0 Å². The van der Waals surface area contributed by atoms with Crippen LogP contribution in [0.3, 0.4) is 0 Å². The summed E-state index contributed by atoms with van der Waals surface area (Å²) in [5, 5.41) is 23.6. The predicted molar refractivity (Wildman–Crippen MR) is 81.6 cm³/mol. The summed E-state index contributed by atoms with van der Waals surface area (Å²) in [7, 11) is 0. The van der Waals surface area contributed by atoms with Gasteiger partial charge in [-0.1, -0.05) is 18.2 Å². The maximum Gasteiger partial charge on any atom is 0.325 e. The number of hydrogen-bond acceptors (Lipinski definition) is 4. The molecule has 21 heavy (non-hydrogen) atoms. The van der Waals surface area contributed by atoms with Crippen LogP contribution in [0.2, 0.25) is 0 Å². The van der Waals surface area contributed by atoms with Gasteiger partial charge in [-0.25, -0.2) is 4.98 Å². The predicted octanol–water partition coefficient (Wildman–Crippen LogP) is 2.98. The smallest absolute Gasteiger partial charge is 0.325 e. The van der Waals surface area contributed by atoms with E-state index in [1.165, 1.54) is 6.92 Å². The Labute approximate surface area is 120 Å². The van der Waals surface area contributed by atoms with Gasteiger partial charge in [0.15, 0.2) is 0 Å². The molecule has 0 unspecified atom stereocenters. The fourth-order valence-corrected chi connectivity index (χ4v) is 2.25. The van der Waals surface area contributed by atoms with Gasteiger partial charge in [0, 0.05) is 10.8 Å². The molecule has 1 atom stereocenters.